The van der Waals surface area contributed by atoms with E-state index < -0.39 is 0 Å². The van der Waals surface area contributed by atoms with Crippen LogP contribution < -0.4 is 0 Å². The molecule has 8 atom stereocenters. The molecule has 8 unspecified atom stereocenters. The first-order valence-electron chi connectivity index (χ1n) is 10.2. The molecule has 2 heterocycles. The second-order valence-corrected chi connectivity index (χ2v) is 8.96. The number of rotatable bonds is 7. The molecule has 2 aliphatic heterocycles. The number of hydrogen-bond donors (Lipinski definition) is 0. The molecular formula is C20H35NO2. The smallest absolute Gasteiger partial charge is 0.0845 e. The van der Waals surface area contributed by atoms with Crippen LogP contribution >= 0.6 is 0 Å². The third kappa shape index (κ3) is 3.77. The van der Waals surface area contributed by atoms with E-state index in [9.17, 15) is 0 Å². The van der Waals surface area contributed by atoms with Crippen molar-refractivity contribution < 1.29 is 9.47 Å². The van der Waals surface area contributed by atoms with Gasteiger partial charge in [-0.2, -0.15) is 0 Å². The Labute approximate surface area is 142 Å². The van der Waals surface area contributed by atoms with Crippen molar-refractivity contribution in [1.29, 1.82) is 0 Å². The van der Waals surface area contributed by atoms with Gasteiger partial charge in [-0.1, -0.05) is 27.2 Å². The van der Waals surface area contributed by atoms with Crippen molar-refractivity contribution >= 4 is 0 Å². The number of nitrogens with zero attached hydrogens (tertiary/aromatic N) is 1. The Kier molecular flexibility index (Phi) is 4.73. The fourth-order valence-corrected chi connectivity index (χ4v) is 5.18. The van der Waals surface area contributed by atoms with E-state index >= 15 is 0 Å². The van der Waals surface area contributed by atoms with Crippen LogP contribution in [0.4, 0.5) is 0 Å². The summed E-state index contributed by atoms with van der Waals surface area (Å²) in [4.78, 5) is 2.80. The molecule has 4 aliphatic rings. The lowest BCUT2D eigenvalue weighted by Crippen LogP contribution is -2.41. The molecule has 0 bridgehead atoms. The van der Waals surface area contributed by atoms with Gasteiger partial charge in [-0.25, -0.2) is 0 Å². The van der Waals surface area contributed by atoms with Crippen LogP contribution in [-0.4, -0.2) is 49.0 Å². The van der Waals surface area contributed by atoms with Crippen LogP contribution in [-0.2, 0) is 9.47 Å². The van der Waals surface area contributed by atoms with E-state index in [2.05, 4.69) is 25.7 Å². The summed E-state index contributed by atoms with van der Waals surface area (Å²) in [7, 11) is 0. The molecular weight excluding hydrogens is 286 g/mol. The van der Waals surface area contributed by atoms with Gasteiger partial charge in [0.05, 0.1) is 24.4 Å². The highest BCUT2D eigenvalue weighted by Crippen LogP contribution is 2.44. The molecule has 0 aromatic rings. The monoisotopic (exact) mass is 321 g/mol. The van der Waals surface area contributed by atoms with Gasteiger partial charge in [0.2, 0.25) is 0 Å². The van der Waals surface area contributed by atoms with Gasteiger partial charge in [0.1, 0.15) is 0 Å². The lowest BCUT2D eigenvalue weighted by atomic mass is 9.78. The quantitative estimate of drug-likeness (QED) is 0.669. The predicted molar refractivity (Wildman–Crippen MR) is 92.4 cm³/mol. The molecule has 0 radical (unpaired) electrons. The van der Waals surface area contributed by atoms with E-state index in [1.165, 1.54) is 58.2 Å². The minimum Gasteiger partial charge on any atom is -0.370 e. The number of hydrogen-bond acceptors (Lipinski definition) is 3. The maximum atomic E-state index is 5.79. The normalized spacial score (nSPS) is 48.0. The van der Waals surface area contributed by atoms with Gasteiger partial charge in [-0.3, -0.25) is 0 Å². The van der Waals surface area contributed by atoms with Crippen LogP contribution in [0.1, 0.15) is 59.3 Å². The predicted octanol–water partition coefficient (Wildman–Crippen LogP) is 3.72. The summed E-state index contributed by atoms with van der Waals surface area (Å²) in [5, 5.41) is 0. The average Bonchev–Trinajstić information content (AvgIpc) is 3.41. The average molecular weight is 322 g/mol. The van der Waals surface area contributed by atoms with E-state index in [4.69, 9.17) is 9.47 Å². The summed E-state index contributed by atoms with van der Waals surface area (Å²) in [6, 6.07) is 0. The highest BCUT2D eigenvalue weighted by Gasteiger charge is 2.48. The number of unbranched alkanes of at least 4 members (excludes halogenated alkanes) is 1. The van der Waals surface area contributed by atoms with E-state index in [-0.39, 0.29) is 0 Å². The Bertz CT molecular complexity index is 380. The molecule has 0 N–H and O–H groups in total. The van der Waals surface area contributed by atoms with E-state index in [1.807, 2.05) is 0 Å². The van der Waals surface area contributed by atoms with Crippen molar-refractivity contribution in [3.63, 3.8) is 0 Å². The summed E-state index contributed by atoms with van der Waals surface area (Å²) >= 11 is 0. The Morgan fingerprint density at radius 2 is 1.26 bits per heavy atom. The number of fused-ring (bicyclic) bond motifs is 2. The van der Waals surface area contributed by atoms with E-state index in [0.29, 0.717) is 24.4 Å². The number of ether oxygens (including phenoxy) is 2. The fraction of sp³-hybridized carbons (Fsp3) is 1.00. The Balaban J connectivity index is 1.33. The van der Waals surface area contributed by atoms with Gasteiger partial charge < -0.3 is 14.4 Å². The van der Waals surface area contributed by atoms with Crippen LogP contribution in [0, 0.1) is 23.7 Å². The first-order chi connectivity index (χ1) is 11.1. The molecule has 0 amide bonds. The van der Waals surface area contributed by atoms with Gasteiger partial charge in [-0.05, 0) is 62.3 Å². The first kappa shape index (κ1) is 16.4. The van der Waals surface area contributed by atoms with Gasteiger partial charge in [0, 0.05) is 13.1 Å². The molecule has 0 spiro atoms. The van der Waals surface area contributed by atoms with Crippen molar-refractivity contribution in [2.45, 2.75) is 83.7 Å². The van der Waals surface area contributed by atoms with Crippen molar-refractivity contribution in [1.82, 2.24) is 4.90 Å². The minimum absolute atomic E-state index is 0.610. The second-order valence-electron chi connectivity index (χ2n) is 8.96. The lowest BCUT2D eigenvalue weighted by Gasteiger charge is -2.36. The molecule has 4 rings (SSSR count). The third-order valence-corrected chi connectivity index (χ3v) is 7.08. The molecule has 2 saturated heterocycles. The maximum Gasteiger partial charge on any atom is 0.0845 e. The Morgan fingerprint density at radius 1 is 0.783 bits per heavy atom. The largest absolute Gasteiger partial charge is 0.370 e. The first-order valence-corrected chi connectivity index (χ1v) is 10.2. The molecule has 132 valence electrons. The SMILES string of the molecule is CCCCN(CC1CC2OC2CC1C)CC1CC2OC2CC1C. The van der Waals surface area contributed by atoms with Crippen LogP contribution in [0.25, 0.3) is 0 Å². The van der Waals surface area contributed by atoms with Crippen LogP contribution in [0.5, 0.6) is 0 Å². The van der Waals surface area contributed by atoms with Crippen molar-refractivity contribution in [2.75, 3.05) is 19.6 Å². The molecule has 3 nitrogen and oxygen atoms in total. The zero-order valence-electron chi connectivity index (χ0n) is 15.2. The summed E-state index contributed by atoms with van der Waals surface area (Å²) in [5.74, 6) is 3.37. The van der Waals surface area contributed by atoms with Crippen LogP contribution in [0.2, 0.25) is 0 Å². The molecule has 0 aromatic carbocycles. The minimum atomic E-state index is 0.610. The summed E-state index contributed by atoms with van der Waals surface area (Å²) in [5.41, 5.74) is 0. The highest BCUT2D eigenvalue weighted by atomic mass is 16.6. The standard InChI is InChI=1S/C20H35NO2/c1-4-5-6-21(11-15-9-19-17(22-19)7-13(15)2)12-16-10-20-18(23-20)8-14(16)3/h13-20H,4-12H2,1-3H3. The maximum absolute atomic E-state index is 5.79. The molecule has 2 saturated carbocycles. The Morgan fingerprint density at radius 3 is 1.74 bits per heavy atom. The molecule has 4 fully saturated rings. The summed E-state index contributed by atoms with van der Waals surface area (Å²) < 4.78 is 11.6. The van der Waals surface area contributed by atoms with Crippen LogP contribution in [0.15, 0.2) is 0 Å². The molecule has 23 heavy (non-hydrogen) atoms. The Hall–Kier alpha value is -0.120. The number of epoxide rings is 2. The van der Waals surface area contributed by atoms with E-state index in [1.54, 1.807) is 0 Å². The summed E-state index contributed by atoms with van der Waals surface area (Å²) in [6.45, 7) is 11.1. The fourth-order valence-electron chi connectivity index (χ4n) is 5.18. The van der Waals surface area contributed by atoms with Gasteiger partial charge in [0.25, 0.3) is 0 Å². The van der Waals surface area contributed by atoms with Crippen molar-refractivity contribution in [3.05, 3.63) is 0 Å². The lowest BCUT2D eigenvalue weighted by molar-refractivity contribution is 0.124. The van der Waals surface area contributed by atoms with Crippen molar-refractivity contribution in [2.24, 2.45) is 23.7 Å². The highest BCUT2D eigenvalue weighted by molar-refractivity contribution is 4.97. The molecule has 3 heteroatoms. The van der Waals surface area contributed by atoms with Gasteiger partial charge in [0.15, 0.2) is 0 Å². The summed E-state index contributed by atoms with van der Waals surface area (Å²) in [6.07, 6.45) is 10.3. The van der Waals surface area contributed by atoms with Gasteiger partial charge in [-0.15, -0.1) is 0 Å². The van der Waals surface area contributed by atoms with E-state index in [0.717, 1.165) is 23.7 Å². The second kappa shape index (κ2) is 6.65. The molecule has 2 aliphatic carbocycles. The van der Waals surface area contributed by atoms with Gasteiger partial charge >= 0.3 is 0 Å². The zero-order chi connectivity index (χ0) is 16.0. The zero-order valence-corrected chi connectivity index (χ0v) is 15.2. The third-order valence-electron chi connectivity index (χ3n) is 7.08. The van der Waals surface area contributed by atoms with Crippen molar-refractivity contribution in [3.8, 4) is 0 Å². The molecule has 0 aromatic heterocycles. The van der Waals surface area contributed by atoms with Crippen LogP contribution in [0.3, 0.4) is 0 Å². The topological polar surface area (TPSA) is 28.3 Å².